The number of rotatable bonds is 2. The van der Waals surface area contributed by atoms with Gasteiger partial charge < -0.3 is 5.11 Å². The molecule has 0 atom stereocenters. The fraction of sp³-hybridized carbons (Fsp3) is 0.125. The average molecular weight is 162 g/mol. The van der Waals surface area contributed by atoms with E-state index in [1.807, 2.05) is 0 Å². The smallest absolute Gasteiger partial charge is 0.354 e. The summed E-state index contributed by atoms with van der Waals surface area (Å²) in [5.41, 5.74) is -0.0322. The van der Waals surface area contributed by atoms with E-state index in [-0.39, 0.29) is 12.1 Å². The molecule has 1 rings (SSSR count). The van der Waals surface area contributed by atoms with E-state index in [0.29, 0.717) is 5.82 Å². The summed E-state index contributed by atoms with van der Waals surface area (Å²) in [6.07, 6.45) is 6.64. The zero-order chi connectivity index (χ0) is 8.97. The molecule has 4 nitrogen and oxygen atoms in total. The van der Waals surface area contributed by atoms with Crippen LogP contribution in [0.15, 0.2) is 12.3 Å². The van der Waals surface area contributed by atoms with Gasteiger partial charge in [-0.1, -0.05) is 5.92 Å². The molecule has 1 aromatic heterocycles. The Morgan fingerprint density at radius 2 is 2.50 bits per heavy atom. The highest BCUT2D eigenvalue weighted by molar-refractivity contribution is 5.85. The van der Waals surface area contributed by atoms with Crippen LogP contribution in [0.25, 0.3) is 0 Å². The van der Waals surface area contributed by atoms with Gasteiger partial charge in [-0.25, -0.2) is 14.8 Å². The number of hydrogen-bond donors (Lipinski definition) is 1. The van der Waals surface area contributed by atoms with Crippen molar-refractivity contribution in [1.29, 1.82) is 0 Å². The van der Waals surface area contributed by atoms with Gasteiger partial charge in [-0.05, 0) is 6.07 Å². The van der Waals surface area contributed by atoms with Crippen molar-refractivity contribution >= 4 is 5.97 Å². The van der Waals surface area contributed by atoms with Crippen molar-refractivity contribution in [1.82, 2.24) is 9.97 Å². The van der Waals surface area contributed by atoms with Crippen LogP contribution < -0.4 is 0 Å². The van der Waals surface area contributed by atoms with Gasteiger partial charge in [0.15, 0.2) is 5.69 Å². The van der Waals surface area contributed by atoms with Crippen LogP contribution in [0.5, 0.6) is 0 Å². The maximum absolute atomic E-state index is 10.4. The molecule has 0 spiro atoms. The van der Waals surface area contributed by atoms with Crippen molar-refractivity contribution in [3.63, 3.8) is 0 Å². The molecule has 0 amide bonds. The predicted octanol–water partition coefficient (Wildman–Crippen LogP) is 0.350. The van der Waals surface area contributed by atoms with Gasteiger partial charge in [0.25, 0.3) is 0 Å². The van der Waals surface area contributed by atoms with Gasteiger partial charge in [0.2, 0.25) is 0 Å². The van der Waals surface area contributed by atoms with E-state index < -0.39 is 5.97 Å². The molecule has 0 aliphatic carbocycles. The minimum absolute atomic E-state index is 0.0322. The second kappa shape index (κ2) is 3.49. The SMILES string of the molecule is C#CCc1nccc(C(=O)O)n1. The Bertz CT molecular complexity index is 341. The van der Waals surface area contributed by atoms with E-state index in [9.17, 15) is 4.79 Å². The summed E-state index contributed by atoms with van der Waals surface area (Å²) >= 11 is 0. The Morgan fingerprint density at radius 1 is 1.75 bits per heavy atom. The number of carbonyl (C=O) groups is 1. The normalized spacial score (nSPS) is 8.92. The molecule has 12 heavy (non-hydrogen) atoms. The summed E-state index contributed by atoms with van der Waals surface area (Å²) in [6, 6.07) is 1.32. The Morgan fingerprint density at radius 3 is 3.08 bits per heavy atom. The monoisotopic (exact) mass is 162 g/mol. The highest BCUT2D eigenvalue weighted by Crippen LogP contribution is 1.95. The molecule has 0 unspecified atom stereocenters. The van der Waals surface area contributed by atoms with Crippen molar-refractivity contribution < 1.29 is 9.90 Å². The molecular weight excluding hydrogens is 156 g/mol. The molecule has 1 aromatic rings. The Balaban J connectivity index is 2.97. The fourth-order valence-electron chi connectivity index (χ4n) is 0.695. The number of carboxylic acid groups (broad SMARTS) is 1. The van der Waals surface area contributed by atoms with Crippen molar-refractivity contribution in [2.75, 3.05) is 0 Å². The molecule has 0 saturated heterocycles. The van der Waals surface area contributed by atoms with Gasteiger partial charge >= 0.3 is 5.97 Å². The number of aromatic carboxylic acids is 1. The van der Waals surface area contributed by atoms with Crippen molar-refractivity contribution in [2.45, 2.75) is 6.42 Å². The van der Waals surface area contributed by atoms with Gasteiger partial charge in [0, 0.05) is 6.20 Å². The third kappa shape index (κ3) is 1.80. The molecule has 0 aromatic carbocycles. The van der Waals surface area contributed by atoms with Crippen LogP contribution in [0.2, 0.25) is 0 Å². The topological polar surface area (TPSA) is 63.1 Å². The fourth-order valence-corrected chi connectivity index (χ4v) is 0.695. The van der Waals surface area contributed by atoms with Crippen LogP contribution in [0.3, 0.4) is 0 Å². The van der Waals surface area contributed by atoms with Crippen molar-refractivity contribution in [3.8, 4) is 12.3 Å². The van der Waals surface area contributed by atoms with E-state index in [1.54, 1.807) is 0 Å². The summed E-state index contributed by atoms with van der Waals surface area (Å²) in [7, 11) is 0. The summed E-state index contributed by atoms with van der Waals surface area (Å²) in [5.74, 6) is 1.62. The minimum atomic E-state index is -1.07. The summed E-state index contributed by atoms with van der Waals surface area (Å²) in [6.45, 7) is 0. The van der Waals surface area contributed by atoms with E-state index in [0.717, 1.165) is 0 Å². The molecule has 4 heteroatoms. The van der Waals surface area contributed by atoms with Gasteiger partial charge in [-0.3, -0.25) is 0 Å². The van der Waals surface area contributed by atoms with Gasteiger partial charge in [-0.2, -0.15) is 0 Å². The Hall–Kier alpha value is -1.89. The highest BCUT2D eigenvalue weighted by Gasteiger charge is 2.04. The lowest BCUT2D eigenvalue weighted by molar-refractivity contribution is 0.0690. The number of terminal acetylenes is 1. The molecule has 1 N–H and O–H groups in total. The van der Waals surface area contributed by atoms with Crippen molar-refractivity contribution in [2.24, 2.45) is 0 Å². The molecule has 1 heterocycles. The molecule has 0 radical (unpaired) electrons. The number of hydrogen-bond acceptors (Lipinski definition) is 3. The molecule has 0 fully saturated rings. The number of aromatic nitrogens is 2. The maximum Gasteiger partial charge on any atom is 0.354 e. The lowest BCUT2D eigenvalue weighted by Gasteiger charge is -1.94. The zero-order valence-corrected chi connectivity index (χ0v) is 6.19. The minimum Gasteiger partial charge on any atom is -0.477 e. The predicted molar refractivity (Wildman–Crippen MR) is 41.5 cm³/mol. The third-order valence-electron chi connectivity index (χ3n) is 1.18. The van der Waals surface area contributed by atoms with Gasteiger partial charge in [0.05, 0.1) is 6.42 Å². The second-order valence-corrected chi connectivity index (χ2v) is 2.04. The Labute approximate surface area is 69.3 Å². The van der Waals surface area contributed by atoms with Crippen molar-refractivity contribution in [3.05, 3.63) is 23.8 Å². The lowest BCUT2D eigenvalue weighted by atomic mass is 10.3. The molecular formula is C8H6N2O2. The largest absolute Gasteiger partial charge is 0.477 e. The molecule has 0 aliphatic rings. The van der Waals surface area contributed by atoms with Gasteiger partial charge in [0.1, 0.15) is 5.82 Å². The van der Waals surface area contributed by atoms with Crippen LogP contribution in [0, 0.1) is 12.3 Å². The number of carboxylic acids is 1. The van der Waals surface area contributed by atoms with E-state index >= 15 is 0 Å². The molecule has 0 bridgehead atoms. The quantitative estimate of drug-likeness (QED) is 0.637. The molecule has 0 saturated carbocycles. The van der Waals surface area contributed by atoms with Gasteiger partial charge in [-0.15, -0.1) is 6.42 Å². The van der Waals surface area contributed by atoms with Crippen LogP contribution in [-0.4, -0.2) is 21.0 Å². The summed E-state index contributed by atoms with van der Waals surface area (Å²) in [5, 5.41) is 8.54. The van der Waals surface area contributed by atoms with E-state index in [4.69, 9.17) is 11.5 Å². The zero-order valence-electron chi connectivity index (χ0n) is 6.19. The van der Waals surface area contributed by atoms with E-state index in [1.165, 1.54) is 12.3 Å². The second-order valence-electron chi connectivity index (χ2n) is 2.04. The molecule has 60 valence electrons. The summed E-state index contributed by atoms with van der Waals surface area (Å²) < 4.78 is 0. The Kier molecular flexibility index (Phi) is 2.38. The first-order valence-corrected chi connectivity index (χ1v) is 3.22. The highest BCUT2D eigenvalue weighted by atomic mass is 16.4. The van der Waals surface area contributed by atoms with Crippen LogP contribution >= 0.6 is 0 Å². The van der Waals surface area contributed by atoms with Crippen LogP contribution in [0.4, 0.5) is 0 Å². The molecule has 0 aliphatic heterocycles. The standard InChI is InChI=1S/C8H6N2O2/c1-2-3-7-9-5-4-6(10-7)8(11)12/h1,4-5H,3H2,(H,11,12). The maximum atomic E-state index is 10.4. The van der Waals surface area contributed by atoms with E-state index in [2.05, 4.69) is 15.9 Å². The first kappa shape index (κ1) is 8.21. The lowest BCUT2D eigenvalue weighted by Crippen LogP contribution is -2.03. The van der Waals surface area contributed by atoms with Crippen LogP contribution in [0.1, 0.15) is 16.3 Å². The first-order chi connectivity index (χ1) is 5.74. The van der Waals surface area contributed by atoms with Crippen LogP contribution in [-0.2, 0) is 6.42 Å². The number of nitrogens with zero attached hydrogens (tertiary/aromatic N) is 2. The average Bonchev–Trinajstić information content (AvgIpc) is 2.05. The third-order valence-corrected chi connectivity index (χ3v) is 1.18. The first-order valence-electron chi connectivity index (χ1n) is 3.22. The summed E-state index contributed by atoms with van der Waals surface area (Å²) in [4.78, 5) is 17.9.